The predicted octanol–water partition coefficient (Wildman–Crippen LogP) is 3.57. The van der Waals surface area contributed by atoms with Gasteiger partial charge in [-0.25, -0.2) is 4.98 Å². The van der Waals surface area contributed by atoms with E-state index in [1.807, 2.05) is 0 Å². The number of nitrogens with zero attached hydrogens (tertiary/aromatic N) is 2. The van der Waals surface area contributed by atoms with Crippen LogP contribution in [0.3, 0.4) is 0 Å². The molecule has 0 spiro atoms. The van der Waals surface area contributed by atoms with E-state index in [-0.39, 0.29) is 5.54 Å². The number of hydrogen-bond donors (Lipinski definition) is 1. The number of rotatable bonds is 6. The molecule has 1 N–H and O–H groups in total. The Bertz CT molecular complexity index is 382. The van der Waals surface area contributed by atoms with Gasteiger partial charge in [0, 0.05) is 30.1 Å². The van der Waals surface area contributed by atoms with E-state index in [9.17, 15) is 0 Å². The molecule has 18 heavy (non-hydrogen) atoms. The first-order valence-electron chi connectivity index (χ1n) is 6.71. The maximum absolute atomic E-state index is 4.71. The van der Waals surface area contributed by atoms with Crippen molar-refractivity contribution in [2.75, 3.05) is 11.9 Å². The molecule has 1 aromatic rings. The molecule has 0 bridgehead atoms. The lowest BCUT2D eigenvalue weighted by atomic mass is 10.0. The van der Waals surface area contributed by atoms with Gasteiger partial charge in [0.15, 0.2) is 5.13 Å². The van der Waals surface area contributed by atoms with Gasteiger partial charge in [0.1, 0.15) is 0 Å². The molecule has 0 radical (unpaired) electrons. The molecule has 0 saturated heterocycles. The molecule has 3 nitrogen and oxygen atoms in total. The Morgan fingerprint density at radius 3 is 2.50 bits per heavy atom. The van der Waals surface area contributed by atoms with Crippen LogP contribution in [0.4, 0.5) is 5.13 Å². The van der Waals surface area contributed by atoms with Gasteiger partial charge in [-0.15, -0.1) is 11.3 Å². The molecule has 0 fully saturated rings. The number of aryl methyl sites for hydroxylation is 1. The Kier molecular flexibility index (Phi) is 5.17. The molecule has 0 unspecified atom stereocenters. The summed E-state index contributed by atoms with van der Waals surface area (Å²) in [5.74, 6) is 0. The van der Waals surface area contributed by atoms with Crippen molar-refractivity contribution in [2.45, 2.75) is 66.1 Å². The lowest BCUT2D eigenvalue weighted by Gasteiger charge is -2.34. The molecule has 1 rings (SSSR count). The zero-order valence-electron chi connectivity index (χ0n) is 12.8. The van der Waals surface area contributed by atoms with E-state index in [0.717, 1.165) is 23.8 Å². The molecule has 4 heteroatoms. The Morgan fingerprint density at radius 2 is 2.00 bits per heavy atom. The minimum Gasteiger partial charge on any atom is -0.346 e. The second kappa shape index (κ2) is 6.02. The normalized spacial score (nSPS) is 12.2. The van der Waals surface area contributed by atoms with Crippen LogP contribution in [0.5, 0.6) is 0 Å². The Balaban J connectivity index is 2.83. The quantitative estimate of drug-likeness (QED) is 0.855. The predicted molar refractivity (Wildman–Crippen MR) is 81.6 cm³/mol. The van der Waals surface area contributed by atoms with Crippen LogP contribution < -0.4 is 10.2 Å². The Morgan fingerprint density at radius 1 is 1.39 bits per heavy atom. The van der Waals surface area contributed by atoms with Crippen LogP contribution in [0.25, 0.3) is 0 Å². The molecule has 1 aromatic heterocycles. The summed E-state index contributed by atoms with van der Waals surface area (Å²) in [6.45, 7) is 14.1. The van der Waals surface area contributed by atoms with Gasteiger partial charge < -0.3 is 10.2 Å². The monoisotopic (exact) mass is 269 g/mol. The average Bonchev–Trinajstić information content (AvgIpc) is 2.67. The molecule has 0 aliphatic carbocycles. The topological polar surface area (TPSA) is 28.2 Å². The summed E-state index contributed by atoms with van der Waals surface area (Å²) in [7, 11) is 2.14. The van der Waals surface area contributed by atoms with E-state index in [1.165, 1.54) is 4.88 Å². The number of aromatic nitrogens is 1. The molecule has 0 atom stereocenters. The third-order valence-corrected chi connectivity index (χ3v) is 4.85. The standard InChI is InChI=1S/C14H27N3S/c1-8-14(5,6)17(7)13-16-11(4)12(18-13)9-15-10(2)3/h10,15H,8-9H2,1-7H3. The van der Waals surface area contributed by atoms with E-state index in [2.05, 4.69) is 58.8 Å². The summed E-state index contributed by atoms with van der Waals surface area (Å²) in [6.07, 6.45) is 1.11. The van der Waals surface area contributed by atoms with Crippen LogP contribution >= 0.6 is 11.3 Å². The van der Waals surface area contributed by atoms with Crippen LogP contribution in [0.15, 0.2) is 0 Å². The zero-order valence-corrected chi connectivity index (χ0v) is 13.6. The van der Waals surface area contributed by atoms with Crippen molar-refractivity contribution in [2.24, 2.45) is 0 Å². The van der Waals surface area contributed by atoms with E-state index < -0.39 is 0 Å². The summed E-state index contributed by atoms with van der Waals surface area (Å²) in [5.41, 5.74) is 1.31. The minimum absolute atomic E-state index is 0.160. The van der Waals surface area contributed by atoms with Crippen LogP contribution in [-0.4, -0.2) is 23.6 Å². The number of hydrogen-bond acceptors (Lipinski definition) is 4. The van der Waals surface area contributed by atoms with Crippen molar-refractivity contribution < 1.29 is 0 Å². The van der Waals surface area contributed by atoms with E-state index in [1.54, 1.807) is 11.3 Å². The fourth-order valence-electron chi connectivity index (χ4n) is 1.51. The second-order valence-electron chi connectivity index (χ2n) is 5.77. The smallest absolute Gasteiger partial charge is 0.185 e. The molecule has 0 amide bonds. The third kappa shape index (κ3) is 3.69. The van der Waals surface area contributed by atoms with Gasteiger partial charge in [0.2, 0.25) is 0 Å². The average molecular weight is 269 g/mol. The van der Waals surface area contributed by atoms with Crippen molar-refractivity contribution >= 4 is 16.5 Å². The lowest BCUT2D eigenvalue weighted by Crippen LogP contribution is -2.40. The van der Waals surface area contributed by atoms with Crippen molar-refractivity contribution in [3.8, 4) is 0 Å². The Labute approximate surface area is 116 Å². The van der Waals surface area contributed by atoms with Crippen LogP contribution in [0, 0.1) is 6.92 Å². The third-order valence-electron chi connectivity index (χ3n) is 3.61. The highest BCUT2D eigenvalue weighted by atomic mass is 32.1. The van der Waals surface area contributed by atoms with E-state index >= 15 is 0 Å². The maximum Gasteiger partial charge on any atom is 0.185 e. The van der Waals surface area contributed by atoms with Crippen molar-refractivity contribution in [1.82, 2.24) is 10.3 Å². The first kappa shape index (κ1) is 15.4. The minimum atomic E-state index is 0.160. The van der Waals surface area contributed by atoms with Gasteiger partial charge in [-0.1, -0.05) is 20.8 Å². The number of nitrogens with one attached hydrogen (secondary N) is 1. The van der Waals surface area contributed by atoms with Gasteiger partial charge in [-0.05, 0) is 27.2 Å². The van der Waals surface area contributed by atoms with Gasteiger partial charge in [0.05, 0.1) is 5.69 Å². The Hall–Kier alpha value is -0.610. The number of thiazole rings is 1. The highest BCUT2D eigenvalue weighted by molar-refractivity contribution is 7.15. The SMILES string of the molecule is CCC(C)(C)N(C)c1nc(C)c(CNC(C)C)s1. The highest BCUT2D eigenvalue weighted by Gasteiger charge is 2.24. The highest BCUT2D eigenvalue weighted by Crippen LogP contribution is 2.30. The fraction of sp³-hybridized carbons (Fsp3) is 0.786. The van der Waals surface area contributed by atoms with Crippen LogP contribution in [-0.2, 0) is 6.54 Å². The molecule has 0 aliphatic heterocycles. The molecular formula is C14H27N3S. The van der Waals surface area contributed by atoms with Crippen molar-refractivity contribution in [1.29, 1.82) is 0 Å². The molecular weight excluding hydrogens is 242 g/mol. The maximum atomic E-state index is 4.71. The molecule has 0 saturated carbocycles. The summed E-state index contributed by atoms with van der Waals surface area (Å²) >= 11 is 1.80. The molecule has 0 aliphatic rings. The zero-order chi connectivity index (χ0) is 13.9. The summed E-state index contributed by atoms with van der Waals surface area (Å²) in [4.78, 5) is 8.35. The molecule has 1 heterocycles. The molecule has 0 aromatic carbocycles. The van der Waals surface area contributed by atoms with E-state index in [4.69, 9.17) is 4.98 Å². The van der Waals surface area contributed by atoms with Crippen LogP contribution in [0.2, 0.25) is 0 Å². The van der Waals surface area contributed by atoms with Gasteiger partial charge >= 0.3 is 0 Å². The van der Waals surface area contributed by atoms with Crippen molar-refractivity contribution in [3.63, 3.8) is 0 Å². The first-order chi connectivity index (χ1) is 8.27. The van der Waals surface area contributed by atoms with Gasteiger partial charge in [0.25, 0.3) is 0 Å². The summed E-state index contributed by atoms with van der Waals surface area (Å²) in [5, 5.41) is 4.58. The van der Waals surface area contributed by atoms with Gasteiger partial charge in [-0.3, -0.25) is 0 Å². The first-order valence-corrected chi connectivity index (χ1v) is 7.53. The molecule has 104 valence electrons. The van der Waals surface area contributed by atoms with E-state index in [0.29, 0.717) is 6.04 Å². The summed E-state index contributed by atoms with van der Waals surface area (Å²) in [6, 6.07) is 0.514. The van der Waals surface area contributed by atoms with Crippen molar-refractivity contribution in [3.05, 3.63) is 10.6 Å². The van der Waals surface area contributed by atoms with Crippen LogP contribution in [0.1, 0.15) is 51.6 Å². The number of anilines is 1. The largest absolute Gasteiger partial charge is 0.346 e. The lowest BCUT2D eigenvalue weighted by molar-refractivity contribution is 0.470. The summed E-state index contributed by atoms with van der Waals surface area (Å²) < 4.78 is 0. The second-order valence-corrected chi connectivity index (χ2v) is 6.83. The van der Waals surface area contributed by atoms with Gasteiger partial charge in [-0.2, -0.15) is 0 Å². The fourth-order valence-corrected chi connectivity index (χ4v) is 2.65.